The number of benzene rings is 5. The van der Waals surface area contributed by atoms with Crippen LogP contribution in [0.5, 0.6) is 0 Å². The molecule has 0 heterocycles. The first-order valence-electron chi connectivity index (χ1n) is 10.9. The number of hydrogen-bond donors (Lipinski definition) is 0. The molecule has 5 aromatic carbocycles. The van der Waals surface area contributed by atoms with E-state index in [1.165, 1.54) is 29.4 Å². The van der Waals surface area contributed by atoms with Gasteiger partial charge >= 0.3 is 0 Å². The molecule has 0 saturated carbocycles. The summed E-state index contributed by atoms with van der Waals surface area (Å²) in [6, 6.07) is 52.5. The van der Waals surface area contributed by atoms with E-state index >= 15 is 0 Å². The minimum atomic E-state index is -1.57. The van der Waals surface area contributed by atoms with Gasteiger partial charge in [-0.05, 0) is 72.8 Å². The second kappa shape index (κ2) is 10.4. The molecule has 0 aromatic heterocycles. The van der Waals surface area contributed by atoms with E-state index in [1.807, 2.05) is 10.8 Å². The lowest BCUT2D eigenvalue weighted by molar-refractivity contribution is 1.28. The van der Waals surface area contributed by atoms with E-state index in [9.17, 15) is 0 Å². The van der Waals surface area contributed by atoms with Crippen LogP contribution in [0.25, 0.3) is 0 Å². The summed E-state index contributed by atoms with van der Waals surface area (Å²) in [7, 11) is 0.414. The van der Waals surface area contributed by atoms with Crippen LogP contribution in [-0.4, -0.2) is 0 Å². The quantitative estimate of drug-likeness (QED) is 0.213. The van der Waals surface area contributed by atoms with Crippen LogP contribution in [0, 0.1) is 0 Å². The second-order valence-electron chi connectivity index (χ2n) is 7.47. The average molecular weight is 481 g/mol. The fourth-order valence-corrected chi connectivity index (χ4v) is 10.9. The molecule has 0 aliphatic carbocycles. The van der Waals surface area contributed by atoms with E-state index < -0.39 is 9.06 Å². The minimum absolute atomic E-state index is 1.25. The van der Waals surface area contributed by atoms with Gasteiger partial charge in [0.2, 0.25) is 0 Å². The maximum absolute atomic E-state index is 2.33. The van der Waals surface area contributed by atoms with Crippen molar-refractivity contribution in [1.29, 1.82) is 0 Å². The third kappa shape index (κ3) is 4.91. The van der Waals surface area contributed by atoms with Gasteiger partial charge in [-0.2, -0.15) is 0 Å². The van der Waals surface area contributed by atoms with Gasteiger partial charge in [0.05, 0.1) is 0 Å². The van der Waals surface area contributed by atoms with Crippen molar-refractivity contribution in [2.45, 2.75) is 29.4 Å². The van der Waals surface area contributed by atoms with E-state index in [2.05, 4.69) is 146 Å². The summed E-state index contributed by atoms with van der Waals surface area (Å²) >= 11 is 1.80. The summed E-state index contributed by atoms with van der Waals surface area (Å²) in [5.74, 6) is 0. The molecule has 0 fully saturated rings. The van der Waals surface area contributed by atoms with Crippen molar-refractivity contribution in [3.05, 3.63) is 146 Å². The van der Waals surface area contributed by atoms with Crippen LogP contribution < -0.4 is 0 Å². The second-order valence-corrected chi connectivity index (χ2v) is 13.8. The Kier molecular flexibility index (Phi) is 6.92. The van der Waals surface area contributed by atoms with Gasteiger partial charge < -0.3 is 0 Å². The van der Waals surface area contributed by atoms with Gasteiger partial charge in [0, 0.05) is 29.4 Å². The summed E-state index contributed by atoms with van der Waals surface area (Å²) in [6.45, 7) is 0. The van der Waals surface area contributed by atoms with Gasteiger partial charge in [0.15, 0.2) is 0 Å². The molecule has 5 rings (SSSR count). The fourth-order valence-electron chi connectivity index (χ4n) is 3.72. The molecule has 0 aliphatic rings. The van der Waals surface area contributed by atoms with Crippen molar-refractivity contribution in [1.82, 2.24) is 0 Å². The van der Waals surface area contributed by atoms with E-state index in [4.69, 9.17) is 0 Å². The van der Waals surface area contributed by atoms with Gasteiger partial charge in [-0.15, -0.1) is 9.06 Å². The molecule has 0 N–H and O–H groups in total. The predicted molar refractivity (Wildman–Crippen MR) is 145 cm³/mol. The van der Waals surface area contributed by atoms with Gasteiger partial charge in [0.25, 0.3) is 0 Å². The van der Waals surface area contributed by atoms with Crippen LogP contribution >= 0.6 is 31.6 Å². The van der Waals surface area contributed by atoms with Crippen LogP contribution in [0.4, 0.5) is 0 Å². The highest BCUT2D eigenvalue weighted by Gasteiger charge is 2.32. The minimum Gasteiger partial charge on any atom is -0.106 e. The van der Waals surface area contributed by atoms with Gasteiger partial charge in [-0.25, -0.2) is 0 Å². The number of rotatable bonds is 7. The van der Waals surface area contributed by atoms with Crippen LogP contribution in [0.15, 0.2) is 175 Å². The SMILES string of the molecule is c1ccc(Sc2ccc(S(Sc3ccccc3)(c3ccccc3)c3ccccc3)cc2)cc1. The molecule has 5 aromatic rings. The Morgan fingerprint density at radius 3 is 1.18 bits per heavy atom. The zero-order valence-electron chi connectivity index (χ0n) is 18.1. The maximum atomic E-state index is 2.33. The van der Waals surface area contributed by atoms with Crippen LogP contribution in [-0.2, 0) is 0 Å². The predicted octanol–water partition coefficient (Wildman–Crippen LogP) is 9.83. The van der Waals surface area contributed by atoms with Gasteiger partial charge in [-0.3, -0.25) is 0 Å². The highest BCUT2D eigenvalue weighted by Crippen LogP contribution is 2.78. The molecule has 162 valence electrons. The lowest BCUT2D eigenvalue weighted by atomic mass is 10.3. The summed E-state index contributed by atoms with van der Waals surface area (Å²) < 4.78 is 0. The van der Waals surface area contributed by atoms with Crippen LogP contribution in [0.2, 0.25) is 0 Å². The van der Waals surface area contributed by atoms with Crippen molar-refractivity contribution in [3.63, 3.8) is 0 Å². The summed E-state index contributed by atoms with van der Waals surface area (Å²) in [5, 5.41) is 0. The fraction of sp³-hybridized carbons (Fsp3) is 0. The van der Waals surface area contributed by atoms with Crippen molar-refractivity contribution < 1.29 is 0 Å². The highest BCUT2D eigenvalue weighted by molar-refractivity contribution is 8.94. The molecule has 0 radical (unpaired) electrons. The highest BCUT2D eigenvalue weighted by atomic mass is 33.2. The lowest BCUT2D eigenvalue weighted by Gasteiger charge is -2.40. The molecule has 0 unspecified atom stereocenters. The van der Waals surface area contributed by atoms with Crippen molar-refractivity contribution in [3.8, 4) is 0 Å². The topological polar surface area (TPSA) is 0 Å². The van der Waals surface area contributed by atoms with Crippen molar-refractivity contribution in [2.24, 2.45) is 0 Å². The average Bonchev–Trinajstić information content (AvgIpc) is 2.90. The van der Waals surface area contributed by atoms with E-state index in [0.717, 1.165) is 0 Å². The first kappa shape index (κ1) is 22.0. The molecule has 0 saturated heterocycles. The number of hydrogen-bond acceptors (Lipinski definition) is 2. The molecular weight excluding hydrogens is 457 g/mol. The van der Waals surface area contributed by atoms with Crippen LogP contribution in [0.1, 0.15) is 0 Å². The molecule has 0 aliphatic heterocycles. The van der Waals surface area contributed by atoms with Crippen molar-refractivity contribution >= 4 is 31.6 Å². The first-order chi connectivity index (χ1) is 16.3. The lowest BCUT2D eigenvalue weighted by Crippen LogP contribution is -2.00. The Morgan fingerprint density at radius 1 is 0.333 bits per heavy atom. The third-order valence-corrected chi connectivity index (χ3v) is 12.8. The Hall–Kier alpha value is -2.85. The summed E-state index contributed by atoms with van der Waals surface area (Å²) in [5.41, 5.74) is 0. The van der Waals surface area contributed by atoms with Crippen LogP contribution in [0.3, 0.4) is 0 Å². The molecule has 0 amide bonds. The molecule has 3 heteroatoms. The van der Waals surface area contributed by atoms with Gasteiger partial charge in [0.1, 0.15) is 0 Å². The zero-order valence-corrected chi connectivity index (χ0v) is 20.5. The normalized spacial score (nSPS) is 11.8. The Balaban J connectivity index is 1.64. The Bertz CT molecular complexity index is 1230. The monoisotopic (exact) mass is 480 g/mol. The van der Waals surface area contributed by atoms with E-state index in [1.54, 1.807) is 11.8 Å². The smallest absolute Gasteiger partial charge is 0.0177 e. The Morgan fingerprint density at radius 2 is 0.697 bits per heavy atom. The standard InChI is InChI=1S/C30H24S3/c1-5-13-25(14-6-1)31-26-21-23-30(24-22-26)33(28-17-9-3-10-18-28,29-19-11-4-12-20-29)32-27-15-7-2-8-16-27/h1-24H. The largest absolute Gasteiger partial charge is 0.106 e. The van der Waals surface area contributed by atoms with E-state index in [0.29, 0.717) is 0 Å². The maximum Gasteiger partial charge on any atom is 0.0177 e. The van der Waals surface area contributed by atoms with E-state index in [-0.39, 0.29) is 0 Å². The molecule has 0 nitrogen and oxygen atoms in total. The molecule has 0 bridgehead atoms. The Labute approximate surface area is 205 Å². The zero-order chi connectivity index (χ0) is 22.3. The summed E-state index contributed by atoms with van der Waals surface area (Å²) in [4.78, 5) is 7.86. The molecular formula is C30H24S3. The van der Waals surface area contributed by atoms with Crippen molar-refractivity contribution in [2.75, 3.05) is 0 Å². The first-order valence-corrected chi connectivity index (χ1v) is 14.6. The molecule has 0 atom stereocenters. The third-order valence-electron chi connectivity index (χ3n) is 5.25. The molecule has 0 spiro atoms. The molecule has 33 heavy (non-hydrogen) atoms. The van der Waals surface area contributed by atoms with Gasteiger partial charge in [-0.1, -0.05) is 95.4 Å². The summed E-state index contributed by atoms with van der Waals surface area (Å²) in [6.07, 6.45) is 0.